The number of hydrogen-bond acceptors (Lipinski definition) is 1. The first-order chi connectivity index (χ1) is 12.7. The van der Waals surface area contributed by atoms with Gasteiger partial charge in [-0.05, 0) is 85.7 Å². The molecular formula is C25H33N. The van der Waals surface area contributed by atoms with Gasteiger partial charge in [-0.2, -0.15) is 0 Å². The molecule has 0 amide bonds. The minimum absolute atomic E-state index is 0.717. The molecule has 2 aromatic carbocycles. The normalized spacial score (nSPS) is 22.0. The Morgan fingerprint density at radius 3 is 2.38 bits per heavy atom. The van der Waals surface area contributed by atoms with Gasteiger partial charge in [0.05, 0.1) is 0 Å². The zero-order valence-corrected chi connectivity index (χ0v) is 16.5. The van der Waals surface area contributed by atoms with Gasteiger partial charge in [0.1, 0.15) is 0 Å². The first-order valence-corrected chi connectivity index (χ1v) is 10.6. The van der Waals surface area contributed by atoms with Crippen molar-refractivity contribution in [2.75, 3.05) is 19.6 Å². The zero-order valence-electron chi connectivity index (χ0n) is 16.5. The van der Waals surface area contributed by atoms with Crippen LogP contribution in [0, 0.1) is 19.8 Å². The molecule has 138 valence electrons. The van der Waals surface area contributed by atoms with E-state index in [0.717, 1.165) is 11.8 Å². The molecule has 0 bridgehead atoms. The number of aryl methyl sites for hydroxylation is 2. The van der Waals surface area contributed by atoms with Crippen molar-refractivity contribution in [3.8, 4) is 11.1 Å². The van der Waals surface area contributed by atoms with Crippen LogP contribution < -0.4 is 0 Å². The van der Waals surface area contributed by atoms with Crippen LogP contribution in [0.2, 0.25) is 0 Å². The molecular weight excluding hydrogens is 314 g/mol. The summed E-state index contributed by atoms with van der Waals surface area (Å²) in [6, 6.07) is 16.0. The number of nitrogens with zero attached hydrogens (tertiary/aromatic N) is 1. The fraction of sp³-hybridized carbons (Fsp3) is 0.520. The van der Waals surface area contributed by atoms with Gasteiger partial charge in [0, 0.05) is 13.1 Å². The smallest absolute Gasteiger partial charge is 0.00504 e. The van der Waals surface area contributed by atoms with Crippen LogP contribution in [0.25, 0.3) is 11.1 Å². The lowest BCUT2D eigenvalue weighted by atomic mass is 9.87. The Morgan fingerprint density at radius 2 is 1.62 bits per heavy atom. The molecule has 1 nitrogen and oxygen atoms in total. The molecule has 2 fully saturated rings. The third kappa shape index (κ3) is 3.88. The molecule has 0 spiro atoms. The molecule has 1 atom stereocenters. The predicted molar refractivity (Wildman–Crippen MR) is 112 cm³/mol. The third-order valence-electron chi connectivity index (χ3n) is 6.65. The molecule has 0 unspecified atom stereocenters. The standard InChI is InChI=1S/C25H33N/c1-19-8-3-6-12-24(19)25-14-13-22(16-20(25)2)23-11-7-15-26(18-23)17-21-9-4-5-10-21/h3,6,8,12-14,16,21,23H,4-5,7,9-11,15,17-18H2,1-2H3/t23-/m0/s1. The molecule has 0 radical (unpaired) electrons. The van der Waals surface area contributed by atoms with E-state index in [1.54, 1.807) is 5.56 Å². The Balaban J connectivity index is 1.49. The van der Waals surface area contributed by atoms with Crippen LogP contribution in [0.5, 0.6) is 0 Å². The molecule has 2 aliphatic rings. The molecule has 1 saturated heterocycles. The lowest BCUT2D eigenvalue weighted by molar-refractivity contribution is 0.179. The lowest BCUT2D eigenvalue weighted by Crippen LogP contribution is -2.37. The van der Waals surface area contributed by atoms with Gasteiger partial charge < -0.3 is 4.90 Å². The Morgan fingerprint density at radius 1 is 0.846 bits per heavy atom. The van der Waals surface area contributed by atoms with Crippen LogP contribution in [-0.4, -0.2) is 24.5 Å². The largest absolute Gasteiger partial charge is 0.302 e. The topological polar surface area (TPSA) is 3.24 Å². The monoisotopic (exact) mass is 347 g/mol. The van der Waals surface area contributed by atoms with Gasteiger partial charge in [-0.3, -0.25) is 0 Å². The van der Waals surface area contributed by atoms with Crippen molar-refractivity contribution in [3.63, 3.8) is 0 Å². The summed E-state index contributed by atoms with van der Waals surface area (Å²) in [4.78, 5) is 2.76. The average Bonchev–Trinajstić information content (AvgIpc) is 3.16. The van der Waals surface area contributed by atoms with Crippen LogP contribution >= 0.6 is 0 Å². The number of rotatable bonds is 4. The molecule has 1 aliphatic carbocycles. The second-order valence-electron chi connectivity index (χ2n) is 8.64. The maximum absolute atomic E-state index is 2.76. The van der Waals surface area contributed by atoms with Gasteiger partial charge in [-0.15, -0.1) is 0 Å². The molecule has 1 heteroatoms. The fourth-order valence-corrected chi connectivity index (χ4v) is 5.17. The lowest BCUT2D eigenvalue weighted by Gasteiger charge is -2.34. The van der Waals surface area contributed by atoms with Crippen molar-refractivity contribution in [1.82, 2.24) is 4.90 Å². The highest BCUT2D eigenvalue weighted by Crippen LogP contribution is 2.33. The number of hydrogen-bond donors (Lipinski definition) is 0. The SMILES string of the molecule is Cc1ccccc1-c1ccc([C@H]2CCCN(CC3CCCC3)C2)cc1C. The minimum Gasteiger partial charge on any atom is -0.302 e. The van der Waals surface area contributed by atoms with Crippen molar-refractivity contribution in [2.45, 2.75) is 58.3 Å². The maximum atomic E-state index is 2.76. The molecule has 2 aromatic rings. The highest BCUT2D eigenvalue weighted by Gasteiger charge is 2.25. The van der Waals surface area contributed by atoms with Crippen LogP contribution in [0.4, 0.5) is 0 Å². The minimum atomic E-state index is 0.717. The Hall–Kier alpha value is -1.60. The molecule has 1 saturated carbocycles. The van der Waals surface area contributed by atoms with Crippen LogP contribution in [0.1, 0.15) is 61.1 Å². The second kappa shape index (κ2) is 7.96. The van der Waals surface area contributed by atoms with E-state index in [9.17, 15) is 0 Å². The van der Waals surface area contributed by atoms with Gasteiger partial charge in [-0.25, -0.2) is 0 Å². The van der Waals surface area contributed by atoms with Crippen LogP contribution in [0.3, 0.4) is 0 Å². The highest BCUT2D eigenvalue weighted by atomic mass is 15.1. The van der Waals surface area contributed by atoms with Crippen LogP contribution in [-0.2, 0) is 0 Å². The van der Waals surface area contributed by atoms with Gasteiger partial charge in [0.15, 0.2) is 0 Å². The van der Waals surface area contributed by atoms with E-state index in [-0.39, 0.29) is 0 Å². The van der Waals surface area contributed by atoms with Crippen molar-refractivity contribution in [2.24, 2.45) is 5.92 Å². The van der Waals surface area contributed by atoms with Crippen molar-refractivity contribution >= 4 is 0 Å². The highest BCUT2D eigenvalue weighted by molar-refractivity contribution is 5.70. The van der Waals surface area contributed by atoms with E-state index in [2.05, 4.69) is 61.2 Å². The van der Waals surface area contributed by atoms with Gasteiger partial charge in [0.2, 0.25) is 0 Å². The van der Waals surface area contributed by atoms with E-state index in [1.165, 1.54) is 80.4 Å². The number of benzene rings is 2. The summed E-state index contributed by atoms with van der Waals surface area (Å²) in [7, 11) is 0. The van der Waals surface area contributed by atoms with Crippen molar-refractivity contribution in [1.29, 1.82) is 0 Å². The van der Waals surface area contributed by atoms with Gasteiger partial charge in [-0.1, -0.05) is 55.3 Å². The van der Waals surface area contributed by atoms with Crippen molar-refractivity contribution in [3.05, 3.63) is 59.2 Å². The first kappa shape index (κ1) is 17.8. The molecule has 0 aromatic heterocycles. The summed E-state index contributed by atoms with van der Waals surface area (Å²) in [6.45, 7) is 8.42. The van der Waals surface area contributed by atoms with E-state index >= 15 is 0 Å². The maximum Gasteiger partial charge on any atom is 0.00504 e. The molecule has 1 aliphatic heterocycles. The predicted octanol–water partition coefficient (Wildman–Crippen LogP) is 6.34. The van der Waals surface area contributed by atoms with E-state index in [1.807, 2.05) is 0 Å². The van der Waals surface area contributed by atoms with E-state index in [0.29, 0.717) is 0 Å². The Bertz CT molecular complexity index is 742. The second-order valence-corrected chi connectivity index (χ2v) is 8.64. The van der Waals surface area contributed by atoms with Crippen molar-refractivity contribution < 1.29 is 0 Å². The third-order valence-corrected chi connectivity index (χ3v) is 6.65. The first-order valence-electron chi connectivity index (χ1n) is 10.6. The molecule has 0 N–H and O–H groups in total. The van der Waals surface area contributed by atoms with Crippen LogP contribution in [0.15, 0.2) is 42.5 Å². The Kier molecular flexibility index (Phi) is 5.45. The molecule has 1 heterocycles. The summed E-state index contributed by atoms with van der Waals surface area (Å²) in [5.74, 6) is 1.69. The average molecular weight is 348 g/mol. The number of piperidine rings is 1. The molecule has 4 rings (SSSR count). The molecule has 26 heavy (non-hydrogen) atoms. The quantitative estimate of drug-likeness (QED) is 0.624. The summed E-state index contributed by atoms with van der Waals surface area (Å²) in [6.07, 6.45) is 8.56. The number of likely N-dealkylation sites (tertiary alicyclic amines) is 1. The van der Waals surface area contributed by atoms with Gasteiger partial charge >= 0.3 is 0 Å². The van der Waals surface area contributed by atoms with E-state index < -0.39 is 0 Å². The summed E-state index contributed by atoms with van der Waals surface area (Å²) in [5.41, 5.74) is 7.11. The summed E-state index contributed by atoms with van der Waals surface area (Å²) in [5, 5.41) is 0. The summed E-state index contributed by atoms with van der Waals surface area (Å²) < 4.78 is 0. The fourth-order valence-electron chi connectivity index (χ4n) is 5.17. The zero-order chi connectivity index (χ0) is 17.9. The van der Waals surface area contributed by atoms with Gasteiger partial charge in [0.25, 0.3) is 0 Å². The van der Waals surface area contributed by atoms with E-state index in [4.69, 9.17) is 0 Å². The Labute approximate surface area is 159 Å². The summed E-state index contributed by atoms with van der Waals surface area (Å²) >= 11 is 0.